The Labute approximate surface area is 129 Å². The maximum absolute atomic E-state index is 12.6. The molecule has 1 saturated heterocycles. The van der Waals surface area contributed by atoms with Gasteiger partial charge in [0.2, 0.25) is 10.0 Å². The predicted octanol–water partition coefficient (Wildman–Crippen LogP) is 2.92. The van der Waals surface area contributed by atoms with Crippen molar-refractivity contribution in [1.82, 2.24) is 4.31 Å². The molecule has 0 amide bonds. The van der Waals surface area contributed by atoms with Crippen molar-refractivity contribution in [1.29, 1.82) is 0 Å². The Kier molecular flexibility index (Phi) is 4.66. The Hall–Kier alpha value is -0.330. The Bertz CT molecular complexity index is 602. The van der Waals surface area contributed by atoms with Gasteiger partial charge in [-0.05, 0) is 44.4 Å². The Balaban J connectivity index is 2.33. The zero-order chi connectivity index (χ0) is 15.0. The van der Waals surface area contributed by atoms with Crippen LogP contribution in [0.2, 0.25) is 10.0 Å². The molecule has 0 saturated carbocycles. The molecule has 4 nitrogen and oxygen atoms in total. The summed E-state index contributed by atoms with van der Waals surface area (Å²) in [6.45, 7) is 2.38. The summed E-state index contributed by atoms with van der Waals surface area (Å²) < 4.78 is 26.6. The fourth-order valence-corrected chi connectivity index (χ4v) is 4.51. The van der Waals surface area contributed by atoms with E-state index in [0.717, 1.165) is 0 Å². The molecule has 1 aliphatic heterocycles. The van der Waals surface area contributed by atoms with Crippen LogP contribution in [0, 0.1) is 0 Å². The lowest BCUT2D eigenvalue weighted by molar-refractivity contribution is 0.0465. The molecule has 0 bridgehead atoms. The van der Waals surface area contributed by atoms with Gasteiger partial charge in [0.25, 0.3) is 0 Å². The van der Waals surface area contributed by atoms with Crippen LogP contribution in [0.25, 0.3) is 0 Å². The first-order valence-electron chi connectivity index (χ1n) is 6.40. The number of halogens is 2. The summed E-state index contributed by atoms with van der Waals surface area (Å²) in [4.78, 5) is 0.0215. The topological polar surface area (TPSA) is 57.6 Å². The van der Waals surface area contributed by atoms with Gasteiger partial charge in [-0.3, -0.25) is 0 Å². The highest BCUT2D eigenvalue weighted by Crippen LogP contribution is 2.30. The number of rotatable bonds is 2. The van der Waals surface area contributed by atoms with Crippen molar-refractivity contribution in [3.63, 3.8) is 0 Å². The summed E-state index contributed by atoms with van der Waals surface area (Å²) >= 11 is 11.8. The summed E-state index contributed by atoms with van der Waals surface area (Å²) in [5.41, 5.74) is -0.817. The molecule has 7 heteroatoms. The molecular formula is C13H17Cl2NO3S. The number of sulfonamides is 1. The van der Waals surface area contributed by atoms with Crippen LogP contribution in [0.5, 0.6) is 0 Å². The van der Waals surface area contributed by atoms with E-state index in [4.69, 9.17) is 23.2 Å². The first-order chi connectivity index (χ1) is 9.22. The summed E-state index contributed by atoms with van der Waals surface area (Å²) in [5.74, 6) is 0. The highest BCUT2D eigenvalue weighted by Gasteiger charge is 2.32. The number of aliphatic hydroxyl groups is 1. The van der Waals surface area contributed by atoms with Crippen molar-refractivity contribution >= 4 is 33.2 Å². The van der Waals surface area contributed by atoms with E-state index in [1.165, 1.54) is 16.4 Å². The van der Waals surface area contributed by atoms with Gasteiger partial charge in [0, 0.05) is 18.1 Å². The van der Waals surface area contributed by atoms with Gasteiger partial charge in [-0.15, -0.1) is 0 Å². The molecule has 0 aromatic heterocycles. The van der Waals surface area contributed by atoms with Crippen molar-refractivity contribution < 1.29 is 13.5 Å². The smallest absolute Gasteiger partial charge is 0.244 e. The molecule has 1 heterocycles. The molecule has 0 spiro atoms. The standard InChI is InChI=1S/C13H17Cl2NO3S/c1-13(17)5-2-7-16(8-6-13)20(18,19)12-9-10(14)3-4-11(12)15/h3-4,9,17H,2,5-8H2,1H3. The molecule has 0 aliphatic carbocycles. The van der Waals surface area contributed by atoms with E-state index in [9.17, 15) is 13.5 Å². The summed E-state index contributed by atoms with van der Waals surface area (Å²) in [6.07, 6.45) is 1.61. The van der Waals surface area contributed by atoms with Crippen LogP contribution in [-0.4, -0.2) is 36.5 Å². The van der Waals surface area contributed by atoms with E-state index in [2.05, 4.69) is 0 Å². The van der Waals surface area contributed by atoms with Crippen LogP contribution in [0.1, 0.15) is 26.2 Å². The Morgan fingerprint density at radius 3 is 2.65 bits per heavy atom. The average Bonchev–Trinajstić information content (AvgIpc) is 2.53. The van der Waals surface area contributed by atoms with Crippen LogP contribution < -0.4 is 0 Å². The Morgan fingerprint density at radius 1 is 1.25 bits per heavy atom. The quantitative estimate of drug-likeness (QED) is 0.902. The van der Waals surface area contributed by atoms with Crippen molar-refractivity contribution in [3.05, 3.63) is 28.2 Å². The first-order valence-corrected chi connectivity index (χ1v) is 8.60. The molecule has 1 aromatic carbocycles. The number of benzene rings is 1. The van der Waals surface area contributed by atoms with Crippen molar-refractivity contribution in [2.24, 2.45) is 0 Å². The molecule has 20 heavy (non-hydrogen) atoms. The van der Waals surface area contributed by atoms with Gasteiger partial charge < -0.3 is 5.11 Å². The lowest BCUT2D eigenvalue weighted by Crippen LogP contribution is -2.33. The third-order valence-electron chi connectivity index (χ3n) is 3.53. The summed E-state index contributed by atoms with van der Waals surface area (Å²) in [5, 5.41) is 10.5. The van der Waals surface area contributed by atoms with E-state index < -0.39 is 15.6 Å². The lowest BCUT2D eigenvalue weighted by Gasteiger charge is -2.22. The van der Waals surface area contributed by atoms with Gasteiger partial charge in [0.15, 0.2) is 0 Å². The van der Waals surface area contributed by atoms with Gasteiger partial charge in [0.1, 0.15) is 4.90 Å². The minimum absolute atomic E-state index is 0.0215. The van der Waals surface area contributed by atoms with E-state index in [-0.39, 0.29) is 16.5 Å². The van der Waals surface area contributed by atoms with E-state index in [1.54, 1.807) is 13.0 Å². The second kappa shape index (κ2) is 5.81. The van der Waals surface area contributed by atoms with E-state index in [0.29, 0.717) is 30.8 Å². The van der Waals surface area contributed by atoms with Gasteiger partial charge in [-0.1, -0.05) is 23.2 Å². The SMILES string of the molecule is CC1(O)CCCN(S(=O)(=O)c2cc(Cl)ccc2Cl)CC1. The van der Waals surface area contributed by atoms with Gasteiger partial charge in [-0.2, -0.15) is 4.31 Å². The van der Waals surface area contributed by atoms with E-state index in [1.807, 2.05) is 0 Å². The van der Waals surface area contributed by atoms with Crippen LogP contribution >= 0.6 is 23.2 Å². The summed E-state index contributed by atoms with van der Waals surface area (Å²) in [6, 6.07) is 4.39. The zero-order valence-electron chi connectivity index (χ0n) is 11.1. The normalized spacial score (nSPS) is 25.4. The second-order valence-corrected chi connectivity index (χ2v) is 8.08. The fourth-order valence-electron chi connectivity index (χ4n) is 2.29. The Morgan fingerprint density at radius 2 is 1.95 bits per heavy atom. The van der Waals surface area contributed by atoms with Crippen LogP contribution in [0.15, 0.2) is 23.1 Å². The van der Waals surface area contributed by atoms with Crippen molar-refractivity contribution in [2.45, 2.75) is 36.7 Å². The molecule has 112 valence electrons. The van der Waals surface area contributed by atoms with Crippen LogP contribution in [-0.2, 0) is 10.0 Å². The first kappa shape index (κ1) is 16.0. The molecule has 1 aliphatic rings. The number of nitrogens with zero attached hydrogens (tertiary/aromatic N) is 1. The maximum atomic E-state index is 12.6. The van der Waals surface area contributed by atoms with E-state index >= 15 is 0 Å². The largest absolute Gasteiger partial charge is 0.390 e. The van der Waals surface area contributed by atoms with Crippen LogP contribution in [0.4, 0.5) is 0 Å². The molecule has 1 atom stereocenters. The molecule has 1 unspecified atom stereocenters. The minimum atomic E-state index is -3.68. The highest BCUT2D eigenvalue weighted by molar-refractivity contribution is 7.89. The maximum Gasteiger partial charge on any atom is 0.244 e. The third kappa shape index (κ3) is 3.46. The molecule has 1 aromatic rings. The lowest BCUT2D eigenvalue weighted by atomic mass is 9.98. The highest BCUT2D eigenvalue weighted by atomic mass is 35.5. The van der Waals surface area contributed by atoms with Gasteiger partial charge >= 0.3 is 0 Å². The average molecular weight is 338 g/mol. The molecule has 2 rings (SSSR count). The molecule has 0 radical (unpaired) electrons. The second-order valence-electron chi connectivity index (χ2n) is 5.33. The van der Waals surface area contributed by atoms with Crippen LogP contribution in [0.3, 0.4) is 0 Å². The van der Waals surface area contributed by atoms with Crippen molar-refractivity contribution in [2.75, 3.05) is 13.1 Å². The number of hydrogen-bond donors (Lipinski definition) is 1. The minimum Gasteiger partial charge on any atom is -0.390 e. The third-order valence-corrected chi connectivity index (χ3v) is 6.15. The van der Waals surface area contributed by atoms with Gasteiger partial charge in [-0.25, -0.2) is 8.42 Å². The molecular weight excluding hydrogens is 321 g/mol. The predicted molar refractivity (Wildman–Crippen MR) is 79.7 cm³/mol. The monoisotopic (exact) mass is 337 g/mol. The molecule has 1 fully saturated rings. The molecule has 1 N–H and O–H groups in total. The fraction of sp³-hybridized carbons (Fsp3) is 0.538. The number of hydrogen-bond acceptors (Lipinski definition) is 3. The van der Waals surface area contributed by atoms with Gasteiger partial charge in [0.05, 0.1) is 10.6 Å². The summed E-state index contributed by atoms with van der Waals surface area (Å²) in [7, 11) is -3.68. The zero-order valence-corrected chi connectivity index (χ0v) is 13.5. The van der Waals surface area contributed by atoms with Crippen molar-refractivity contribution in [3.8, 4) is 0 Å².